The maximum absolute atomic E-state index is 13.0. The van der Waals surface area contributed by atoms with E-state index in [0.717, 1.165) is 4.90 Å². The molecule has 0 fully saturated rings. The van der Waals surface area contributed by atoms with Crippen molar-refractivity contribution in [3.63, 3.8) is 0 Å². The summed E-state index contributed by atoms with van der Waals surface area (Å²) < 4.78 is 15.9. The van der Waals surface area contributed by atoms with Crippen molar-refractivity contribution in [2.24, 2.45) is 4.99 Å². The highest BCUT2D eigenvalue weighted by molar-refractivity contribution is 6.31. The van der Waals surface area contributed by atoms with E-state index in [9.17, 15) is 39.0 Å². The summed E-state index contributed by atoms with van der Waals surface area (Å²) in [5.74, 6) is -3.87. The average molecular weight is 753 g/mol. The lowest BCUT2D eigenvalue weighted by atomic mass is 10.1. The van der Waals surface area contributed by atoms with Gasteiger partial charge in [-0.1, -0.05) is 35.9 Å². The molecule has 0 aliphatic rings. The number of hydrogen-bond acceptors (Lipinski definition) is 9. The summed E-state index contributed by atoms with van der Waals surface area (Å²) in [6.45, 7) is 9.15. The number of anilines is 1. The summed E-state index contributed by atoms with van der Waals surface area (Å²) in [7, 11) is 0. The molecule has 4 N–H and O–H groups in total. The van der Waals surface area contributed by atoms with Crippen LogP contribution in [-0.4, -0.2) is 74.8 Å². The fraction of sp³-hybridized carbons (Fsp3) is 0.324. The minimum absolute atomic E-state index is 0.0389. The van der Waals surface area contributed by atoms with Gasteiger partial charge in [0.25, 0.3) is 0 Å². The first-order valence-corrected chi connectivity index (χ1v) is 16.6. The van der Waals surface area contributed by atoms with Gasteiger partial charge in [0.05, 0.1) is 11.1 Å². The Morgan fingerprint density at radius 2 is 1.47 bits per heavy atom. The standard InChI is InChI=1S/C37H41ClN4O11/c1-36(2,3)52-34(49)40-33(41-35(50)53-37(4,5)6)39-25-15-11-23(12-16-25)32(48)51-26-17-13-22(28(38)19-26)14-18-29(43)42(21-30(44)45)20-24-9-7-8-10-27(24)31(46)47/h7-13,15-17,19H,14,18,20-21H2,1-6H3,(H,44,45)(H,46,47)(H2,39,40,41,49,50). The number of benzene rings is 3. The summed E-state index contributed by atoms with van der Waals surface area (Å²) >= 11 is 6.44. The Balaban J connectivity index is 1.65. The van der Waals surface area contributed by atoms with Crippen molar-refractivity contribution >= 4 is 59.2 Å². The Labute approximate surface area is 310 Å². The number of amides is 3. The van der Waals surface area contributed by atoms with Crippen molar-refractivity contribution in [1.82, 2.24) is 10.2 Å². The van der Waals surface area contributed by atoms with E-state index in [1.165, 1.54) is 54.6 Å². The molecule has 0 aliphatic carbocycles. The molecule has 15 nitrogen and oxygen atoms in total. The second-order valence-corrected chi connectivity index (χ2v) is 13.9. The van der Waals surface area contributed by atoms with Gasteiger partial charge in [-0.05, 0) is 102 Å². The fourth-order valence-corrected chi connectivity index (χ4v) is 4.78. The lowest BCUT2D eigenvalue weighted by Gasteiger charge is -2.22. The van der Waals surface area contributed by atoms with Crippen LogP contribution in [0.15, 0.2) is 71.7 Å². The third kappa shape index (κ3) is 14.3. The van der Waals surface area contributed by atoms with Gasteiger partial charge >= 0.3 is 30.1 Å². The molecule has 0 saturated heterocycles. The van der Waals surface area contributed by atoms with E-state index in [1.807, 2.05) is 0 Å². The summed E-state index contributed by atoms with van der Waals surface area (Å²) in [5.41, 5.74) is -0.393. The molecule has 282 valence electrons. The number of aromatic carboxylic acids is 1. The Kier molecular flexibility index (Phi) is 14.1. The number of carbonyl (C=O) groups excluding carboxylic acids is 4. The van der Waals surface area contributed by atoms with Crippen LogP contribution in [0, 0.1) is 0 Å². The molecule has 16 heteroatoms. The van der Waals surface area contributed by atoms with Crippen LogP contribution in [0.1, 0.15) is 79.8 Å². The van der Waals surface area contributed by atoms with Crippen LogP contribution < -0.4 is 15.4 Å². The molecule has 0 bridgehead atoms. The monoisotopic (exact) mass is 752 g/mol. The van der Waals surface area contributed by atoms with E-state index in [4.69, 9.17) is 25.8 Å². The predicted octanol–water partition coefficient (Wildman–Crippen LogP) is 6.53. The number of aryl methyl sites for hydroxylation is 1. The predicted molar refractivity (Wildman–Crippen MR) is 194 cm³/mol. The number of esters is 1. The molecule has 3 aromatic rings. The number of guanidine groups is 1. The smallest absolute Gasteiger partial charge is 0.437 e. The number of ether oxygens (including phenoxy) is 3. The number of halogens is 1. The van der Waals surface area contributed by atoms with Gasteiger partial charge in [-0.3, -0.25) is 14.9 Å². The minimum Gasteiger partial charge on any atom is -0.480 e. The summed E-state index contributed by atoms with van der Waals surface area (Å²) in [6.07, 6.45) is -1.84. The molecule has 0 spiro atoms. The van der Waals surface area contributed by atoms with Gasteiger partial charge in [0.2, 0.25) is 11.9 Å². The van der Waals surface area contributed by atoms with Crippen molar-refractivity contribution < 1.29 is 53.2 Å². The first-order chi connectivity index (χ1) is 24.7. The van der Waals surface area contributed by atoms with Crippen LogP contribution >= 0.6 is 11.6 Å². The number of carbonyl (C=O) groups is 6. The van der Waals surface area contributed by atoms with Crippen molar-refractivity contribution in [3.05, 3.63) is 94.0 Å². The molecule has 3 amide bonds. The van der Waals surface area contributed by atoms with Crippen molar-refractivity contribution in [1.29, 1.82) is 0 Å². The number of rotatable bonds is 11. The number of carboxylic acids is 2. The Morgan fingerprint density at radius 3 is 2.06 bits per heavy atom. The molecule has 0 unspecified atom stereocenters. The van der Waals surface area contributed by atoms with Gasteiger partial charge in [0, 0.05) is 23.7 Å². The molecule has 0 radical (unpaired) electrons. The first kappa shape index (κ1) is 41.5. The van der Waals surface area contributed by atoms with E-state index in [0.29, 0.717) is 11.3 Å². The zero-order valence-corrected chi connectivity index (χ0v) is 30.8. The average Bonchev–Trinajstić information content (AvgIpc) is 3.02. The number of nitrogens with zero attached hydrogens (tertiary/aromatic N) is 2. The van der Waals surface area contributed by atoms with E-state index in [-0.39, 0.29) is 52.8 Å². The van der Waals surface area contributed by atoms with E-state index in [2.05, 4.69) is 15.6 Å². The van der Waals surface area contributed by atoms with Crippen LogP contribution in [0.25, 0.3) is 0 Å². The molecule has 3 rings (SSSR count). The maximum atomic E-state index is 13.0. The van der Waals surface area contributed by atoms with Gasteiger partial charge in [-0.2, -0.15) is 0 Å². The van der Waals surface area contributed by atoms with Gasteiger partial charge < -0.3 is 34.6 Å². The zero-order chi connectivity index (χ0) is 39.5. The minimum atomic E-state index is -1.26. The highest BCUT2D eigenvalue weighted by Gasteiger charge is 2.22. The second kappa shape index (κ2) is 18.0. The van der Waals surface area contributed by atoms with E-state index in [1.54, 1.807) is 53.7 Å². The van der Waals surface area contributed by atoms with Crippen molar-refractivity contribution in [3.8, 4) is 5.75 Å². The summed E-state index contributed by atoms with van der Waals surface area (Å²) in [4.78, 5) is 78.6. The normalized spacial score (nSPS) is 11.6. The molecule has 0 aromatic heterocycles. The summed E-state index contributed by atoms with van der Waals surface area (Å²) in [6, 6.07) is 16.3. The number of aliphatic imine (C=N–C) groups is 1. The van der Waals surface area contributed by atoms with Gasteiger partial charge in [-0.15, -0.1) is 4.99 Å². The molecular weight excluding hydrogens is 712 g/mol. The summed E-state index contributed by atoms with van der Waals surface area (Å²) in [5, 5.41) is 24.2. The molecule has 53 heavy (non-hydrogen) atoms. The topological polar surface area (TPSA) is 210 Å². The molecule has 0 heterocycles. The molecule has 0 atom stereocenters. The SMILES string of the molecule is CC(C)(C)OC(=O)/N=C(\NC(=O)OC(C)(C)C)Nc1ccc(C(=O)Oc2ccc(CCC(=O)N(CC(=O)O)Cc3ccccc3C(=O)O)c(Cl)c2)cc1. The molecule has 0 saturated carbocycles. The third-order valence-electron chi connectivity index (χ3n) is 6.73. The van der Waals surface area contributed by atoms with E-state index < -0.39 is 53.7 Å². The first-order valence-electron chi connectivity index (χ1n) is 16.2. The number of carboxylic acid groups (broad SMARTS) is 2. The quantitative estimate of drug-likeness (QED) is 0.0713. The number of nitrogens with one attached hydrogen (secondary N) is 2. The van der Waals surface area contributed by atoms with Crippen molar-refractivity contribution in [2.45, 2.75) is 72.1 Å². The highest BCUT2D eigenvalue weighted by atomic mass is 35.5. The third-order valence-corrected chi connectivity index (χ3v) is 7.08. The van der Waals surface area contributed by atoms with Gasteiger partial charge in [0.15, 0.2) is 0 Å². The lowest BCUT2D eigenvalue weighted by molar-refractivity contribution is -0.144. The fourth-order valence-electron chi connectivity index (χ4n) is 4.52. The molecular formula is C37H41ClN4O11. The van der Waals surface area contributed by atoms with Crippen molar-refractivity contribution in [2.75, 3.05) is 11.9 Å². The zero-order valence-electron chi connectivity index (χ0n) is 30.0. The van der Waals surface area contributed by atoms with Crippen LogP contribution in [0.5, 0.6) is 5.75 Å². The highest BCUT2D eigenvalue weighted by Crippen LogP contribution is 2.25. The number of alkyl carbamates (subject to hydrolysis) is 1. The van der Waals surface area contributed by atoms with Gasteiger partial charge in [-0.25, -0.2) is 19.2 Å². The largest absolute Gasteiger partial charge is 0.480 e. The Hall–Kier alpha value is -5.96. The number of aliphatic carboxylic acids is 1. The van der Waals surface area contributed by atoms with Gasteiger partial charge in [0.1, 0.15) is 23.5 Å². The molecule has 3 aromatic carbocycles. The van der Waals surface area contributed by atoms with Crippen LogP contribution in [-0.2, 0) is 32.0 Å². The number of hydrogen-bond donors (Lipinski definition) is 4. The Morgan fingerprint density at radius 1 is 0.830 bits per heavy atom. The maximum Gasteiger partial charge on any atom is 0.437 e. The van der Waals surface area contributed by atoms with Crippen LogP contribution in [0.3, 0.4) is 0 Å². The second-order valence-electron chi connectivity index (χ2n) is 13.5. The molecule has 0 aliphatic heterocycles. The van der Waals surface area contributed by atoms with E-state index >= 15 is 0 Å². The Bertz CT molecular complexity index is 1880. The lowest BCUT2D eigenvalue weighted by Crippen LogP contribution is -2.40. The van der Waals surface area contributed by atoms with Crippen LogP contribution in [0.2, 0.25) is 5.02 Å². The van der Waals surface area contributed by atoms with Crippen LogP contribution in [0.4, 0.5) is 15.3 Å².